The third-order valence-corrected chi connectivity index (χ3v) is 3.36. The number of nitrogens with zero attached hydrogens (tertiary/aromatic N) is 1. The van der Waals surface area contributed by atoms with E-state index in [0.29, 0.717) is 12.1 Å². The topological polar surface area (TPSA) is 57.6 Å². The first kappa shape index (κ1) is 14.4. The van der Waals surface area contributed by atoms with Crippen molar-refractivity contribution in [2.24, 2.45) is 5.92 Å². The number of amides is 1. The fourth-order valence-corrected chi connectivity index (χ4v) is 2.19. The van der Waals surface area contributed by atoms with Crippen molar-refractivity contribution in [2.45, 2.75) is 12.8 Å². The van der Waals surface area contributed by atoms with E-state index in [2.05, 4.69) is 0 Å². The number of aliphatic carboxylic acids is 1. The van der Waals surface area contributed by atoms with Gasteiger partial charge in [-0.1, -0.05) is 0 Å². The fraction of sp³-hybridized carbons (Fsp3) is 0.385. The smallest absolute Gasteiger partial charge is 0.306 e. The lowest BCUT2D eigenvalue weighted by atomic mass is 9.96. The third kappa shape index (κ3) is 2.76. The van der Waals surface area contributed by atoms with E-state index in [0.717, 1.165) is 0 Å². The number of rotatable bonds is 2. The molecule has 0 aliphatic carbocycles. The Kier molecular flexibility index (Phi) is 3.96. The minimum atomic E-state index is -1.62. The summed E-state index contributed by atoms with van der Waals surface area (Å²) < 4.78 is 39.0. The zero-order valence-corrected chi connectivity index (χ0v) is 10.4. The van der Waals surface area contributed by atoms with Gasteiger partial charge in [0.2, 0.25) is 0 Å². The van der Waals surface area contributed by atoms with Crippen molar-refractivity contribution >= 4 is 11.9 Å². The van der Waals surface area contributed by atoms with Crippen molar-refractivity contribution < 1.29 is 27.9 Å². The molecule has 108 valence electrons. The van der Waals surface area contributed by atoms with Crippen LogP contribution < -0.4 is 0 Å². The summed E-state index contributed by atoms with van der Waals surface area (Å²) in [4.78, 5) is 24.1. The lowest BCUT2D eigenvalue weighted by molar-refractivity contribution is -0.143. The van der Waals surface area contributed by atoms with Crippen LogP contribution in [0.2, 0.25) is 0 Å². The Labute approximate surface area is 112 Å². The summed E-state index contributed by atoms with van der Waals surface area (Å²) in [6.45, 7) is 0.382. The molecule has 1 saturated heterocycles. The minimum absolute atomic E-state index is 0.191. The number of carbonyl (C=O) groups is 2. The van der Waals surface area contributed by atoms with Gasteiger partial charge < -0.3 is 10.0 Å². The summed E-state index contributed by atoms with van der Waals surface area (Å²) in [5.74, 6) is -6.53. The Morgan fingerprint density at radius 1 is 1.10 bits per heavy atom. The Morgan fingerprint density at radius 3 is 2.05 bits per heavy atom. The third-order valence-electron chi connectivity index (χ3n) is 3.36. The number of carboxylic acids is 1. The lowest BCUT2D eigenvalue weighted by Gasteiger charge is -2.30. The molecule has 0 aromatic heterocycles. The van der Waals surface area contributed by atoms with Gasteiger partial charge in [0.05, 0.1) is 5.92 Å². The molecule has 1 N–H and O–H groups in total. The predicted octanol–water partition coefficient (Wildman–Crippen LogP) is 2.04. The van der Waals surface area contributed by atoms with Crippen LogP contribution in [0.1, 0.15) is 23.2 Å². The molecular weight excluding hydrogens is 275 g/mol. The lowest BCUT2D eigenvalue weighted by Crippen LogP contribution is -2.40. The van der Waals surface area contributed by atoms with Gasteiger partial charge in [0.25, 0.3) is 5.91 Å². The molecular formula is C13H12F3NO3. The van der Waals surface area contributed by atoms with Crippen LogP contribution in [0.4, 0.5) is 13.2 Å². The van der Waals surface area contributed by atoms with Crippen LogP contribution in [0, 0.1) is 23.4 Å². The number of hydrogen-bond donors (Lipinski definition) is 1. The van der Waals surface area contributed by atoms with E-state index in [4.69, 9.17) is 5.11 Å². The highest BCUT2D eigenvalue weighted by molar-refractivity contribution is 5.94. The number of halogens is 3. The molecule has 0 spiro atoms. The van der Waals surface area contributed by atoms with E-state index in [9.17, 15) is 22.8 Å². The minimum Gasteiger partial charge on any atom is -0.481 e. The summed E-state index contributed by atoms with van der Waals surface area (Å²) >= 11 is 0. The van der Waals surface area contributed by atoms with E-state index in [1.807, 2.05) is 0 Å². The van der Waals surface area contributed by atoms with Crippen molar-refractivity contribution in [1.82, 2.24) is 4.90 Å². The second-order valence-corrected chi connectivity index (χ2v) is 4.66. The quantitative estimate of drug-likeness (QED) is 0.847. The molecule has 1 heterocycles. The maximum Gasteiger partial charge on any atom is 0.306 e. The normalized spacial score (nSPS) is 16.2. The zero-order valence-electron chi connectivity index (χ0n) is 10.4. The Morgan fingerprint density at radius 2 is 1.60 bits per heavy atom. The van der Waals surface area contributed by atoms with Gasteiger partial charge in [0.1, 0.15) is 0 Å². The van der Waals surface area contributed by atoms with Gasteiger partial charge >= 0.3 is 5.97 Å². The molecule has 0 unspecified atom stereocenters. The number of likely N-dealkylation sites (tertiary alicyclic amines) is 1. The maximum absolute atomic E-state index is 13.1. The van der Waals surface area contributed by atoms with Gasteiger partial charge in [0, 0.05) is 18.7 Å². The van der Waals surface area contributed by atoms with Crippen molar-refractivity contribution in [2.75, 3.05) is 13.1 Å². The average Bonchev–Trinajstić information content (AvgIpc) is 2.43. The molecule has 7 heteroatoms. The van der Waals surface area contributed by atoms with Crippen LogP contribution in [-0.4, -0.2) is 35.0 Å². The molecule has 4 nitrogen and oxygen atoms in total. The largest absolute Gasteiger partial charge is 0.481 e. The van der Waals surface area contributed by atoms with Crippen LogP contribution in [0.3, 0.4) is 0 Å². The van der Waals surface area contributed by atoms with E-state index in [-0.39, 0.29) is 31.5 Å². The van der Waals surface area contributed by atoms with Crippen molar-refractivity contribution in [3.63, 3.8) is 0 Å². The molecule has 1 fully saturated rings. The molecule has 0 saturated carbocycles. The van der Waals surface area contributed by atoms with Crippen LogP contribution in [0.25, 0.3) is 0 Å². The molecule has 1 amide bonds. The molecule has 0 atom stereocenters. The van der Waals surface area contributed by atoms with E-state index in [1.54, 1.807) is 0 Å². The molecule has 20 heavy (non-hydrogen) atoms. The van der Waals surface area contributed by atoms with Gasteiger partial charge in [-0.25, -0.2) is 13.2 Å². The Balaban J connectivity index is 2.11. The van der Waals surface area contributed by atoms with Gasteiger partial charge in [-0.15, -0.1) is 0 Å². The molecule has 1 aliphatic rings. The second kappa shape index (κ2) is 5.52. The fourth-order valence-electron chi connectivity index (χ4n) is 2.19. The number of hydrogen-bond acceptors (Lipinski definition) is 2. The molecule has 1 aromatic rings. The van der Waals surface area contributed by atoms with Gasteiger partial charge in [-0.2, -0.15) is 0 Å². The molecule has 1 aliphatic heterocycles. The van der Waals surface area contributed by atoms with E-state index in [1.165, 1.54) is 4.90 Å². The van der Waals surface area contributed by atoms with Gasteiger partial charge in [-0.05, 0) is 25.0 Å². The number of piperidine rings is 1. The molecule has 1 aromatic carbocycles. The van der Waals surface area contributed by atoms with Crippen molar-refractivity contribution in [3.05, 3.63) is 35.1 Å². The highest BCUT2D eigenvalue weighted by atomic mass is 19.2. The highest BCUT2D eigenvalue weighted by Gasteiger charge is 2.28. The highest BCUT2D eigenvalue weighted by Crippen LogP contribution is 2.21. The standard InChI is InChI=1S/C13H12F3NO3/c14-9-5-8(6-10(15)11(9)16)12(18)17-3-1-7(2-4-17)13(19)20/h5-7H,1-4H2,(H,19,20). The van der Waals surface area contributed by atoms with Crippen LogP contribution in [0.15, 0.2) is 12.1 Å². The SMILES string of the molecule is O=C(O)C1CCN(C(=O)c2cc(F)c(F)c(F)c2)CC1. The molecule has 2 rings (SSSR count). The molecule has 0 bridgehead atoms. The van der Waals surface area contributed by atoms with Crippen molar-refractivity contribution in [3.8, 4) is 0 Å². The van der Waals surface area contributed by atoms with Crippen LogP contribution in [0.5, 0.6) is 0 Å². The van der Waals surface area contributed by atoms with Crippen molar-refractivity contribution in [1.29, 1.82) is 0 Å². The monoisotopic (exact) mass is 287 g/mol. The average molecular weight is 287 g/mol. The first-order valence-corrected chi connectivity index (χ1v) is 6.06. The summed E-state index contributed by atoms with van der Waals surface area (Å²) in [7, 11) is 0. The summed E-state index contributed by atoms with van der Waals surface area (Å²) in [6, 6.07) is 1.29. The first-order valence-electron chi connectivity index (χ1n) is 6.06. The summed E-state index contributed by atoms with van der Waals surface area (Å²) in [6.07, 6.45) is 0.570. The van der Waals surface area contributed by atoms with E-state index < -0.39 is 35.2 Å². The maximum atomic E-state index is 13.1. The summed E-state index contributed by atoms with van der Waals surface area (Å²) in [5, 5.41) is 8.84. The summed E-state index contributed by atoms with van der Waals surface area (Å²) in [5.41, 5.74) is -0.282. The Bertz CT molecular complexity index is 531. The predicted molar refractivity (Wildman–Crippen MR) is 62.6 cm³/mol. The Hall–Kier alpha value is -2.05. The molecule has 0 radical (unpaired) electrons. The first-order chi connectivity index (χ1) is 9.40. The zero-order chi connectivity index (χ0) is 14.9. The van der Waals surface area contributed by atoms with Crippen LogP contribution >= 0.6 is 0 Å². The van der Waals surface area contributed by atoms with E-state index >= 15 is 0 Å². The second-order valence-electron chi connectivity index (χ2n) is 4.66. The van der Waals surface area contributed by atoms with Crippen LogP contribution in [-0.2, 0) is 4.79 Å². The van der Waals surface area contributed by atoms with Gasteiger partial charge in [-0.3, -0.25) is 9.59 Å². The number of benzene rings is 1. The number of carbonyl (C=O) groups excluding carboxylic acids is 1. The number of carboxylic acid groups (broad SMARTS) is 1. The van der Waals surface area contributed by atoms with Gasteiger partial charge in [0.15, 0.2) is 17.5 Å².